The maximum Gasteiger partial charge on any atom is 0.143 e. The first kappa shape index (κ1) is 11.4. The van der Waals surface area contributed by atoms with E-state index in [1.165, 1.54) is 0 Å². The minimum atomic E-state index is -0.0663. The molecule has 4 rings (SSSR count). The monoisotopic (exact) mass is 261 g/mol. The van der Waals surface area contributed by atoms with E-state index in [9.17, 15) is 0 Å². The third-order valence-electron chi connectivity index (χ3n) is 3.59. The molecule has 2 aliphatic heterocycles. The van der Waals surface area contributed by atoms with Crippen molar-refractivity contribution in [2.45, 2.75) is 6.10 Å². The van der Waals surface area contributed by atoms with Gasteiger partial charge in [-0.3, -0.25) is 0 Å². The van der Waals surface area contributed by atoms with Gasteiger partial charge in [0.05, 0.1) is 0 Å². The second-order valence-corrected chi connectivity index (χ2v) is 4.81. The molecule has 0 aliphatic carbocycles. The van der Waals surface area contributed by atoms with Gasteiger partial charge < -0.3 is 9.47 Å². The molecule has 0 saturated heterocycles. The summed E-state index contributed by atoms with van der Waals surface area (Å²) in [6, 6.07) is 17.1. The van der Waals surface area contributed by atoms with Crippen LogP contribution in [-0.2, 0) is 0 Å². The van der Waals surface area contributed by atoms with E-state index >= 15 is 0 Å². The lowest BCUT2D eigenvalue weighted by atomic mass is 9.95. The topological polar surface area (TPSA) is 18.5 Å². The van der Waals surface area contributed by atoms with Crippen molar-refractivity contribution in [3.8, 4) is 11.5 Å². The molecular weight excluding hydrogens is 248 g/mol. The Bertz CT molecular complexity index is 713. The fourth-order valence-electron chi connectivity index (χ4n) is 2.63. The summed E-state index contributed by atoms with van der Waals surface area (Å²) < 4.78 is 11.7. The molecule has 1 atom stereocenters. The first-order valence-corrected chi connectivity index (χ1v) is 6.69. The van der Waals surface area contributed by atoms with E-state index in [1.54, 1.807) is 0 Å². The molecule has 0 spiro atoms. The van der Waals surface area contributed by atoms with Gasteiger partial charge >= 0.3 is 0 Å². The number of fused-ring (bicyclic) bond motifs is 2. The molecule has 97 valence electrons. The average molecular weight is 261 g/mol. The van der Waals surface area contributed by atoms with Crippen LogP contribution in [0.25, 0.3) is 11.6 Å². The number of rotatable bonds is 1. The van der Waals surface area contributed by atoms with E-state index in [4.69, 9.17) is 9.47 Å². The molecule has 0 saturated carbocycles. The van der Waals surface area contributed by atoms with Crippen LogP contribution in [0.3, 0.4) is 0 Å². The normalized spacial score (nSPS) is 19.2. The van der Waals surface area contributed by atoms with E-state index in [0.717, 1.165) is 28.2 Å². The lowest BCUT2D eigenvalue weighted by Crippen LogP contribution is -2.21. The Balaban J connectivity index is 1.72. The summed E-state index contributed by atoms with van der Waals surface area (Å²) in [7, 11) is 0. The standard InChI is InChI=1S/C18H13O2/c1-3-7-16-13(5-1)9-10-18(20-16)15-11-12-19-17-8-4-2-6-14(15)17/h1-4,6-11,18H,12H2. The molecule has 2 heteroatoms. The molecule has 0 N–H and O–H groups in total. The Hall–Kier alpha value is -2.48. The second kappa shape index (κ2) is 4.57. The zero-order valence-corrected chi connectivity index (χ0v) is 10.9. The van der Waals surface area contributed by atoms with Gasteiger partial charge in [0.25, 0.3) is 0 Å². The van der Waals surface area contributed by atoms with Crippen molar-refractivity contribution in [2.75, 3.05) is 6.61 Å². The largest absolute Gasteiger partial charge is 0.489 e. The molecule has 0 bridgehead atoms. The highest BCUT2D eigenvalue weighted by molar-refractivity contribution is 5.78. The van der Waals surface area contributed by atoms with Gasteiger partial charge in [0.15, 0.2) is 0 Å². The van der Waals surface area contributed by atoms with Gasteiger partial charge in [0.2, 0.25) is 0 Å². The van der Waals surface area contributed by atoms with Crippen LogP contribution in [0.4, 0.5) is 0 Å². The van der Waals surface area contributed by atoms with Gasteiger partial charge in [-0.15, -0.1) is 0 Å². The summed E-state index contributed by atoms with van der Waals surface area (Å²) in [5.74, 6) is 1.80. The fraction of sp³-hybridized carbons (Fsp3) is 0.111. The van der Waals surface area contributed by atoms with E-state index in [1.807, 2.05) is 36.4 Å². The highest BCUT2D eigenvalue weighted by atomic mass is 16.5. The van der Waals surface area contributed by atoms with Crippen LogP contribution in [-0.4, -0.2) is 12.7 Å². The van der Waals surface area contributed by atoms with Crippen molar-refractivity contribution < 1.29 is 9.47 Å². The predicted molar refractivity (Wildman–Crippen MR) is 78.6 cm³/mol. The first-order valence-electron chi connectivity index (χ1n) is 6.69. The van der Waals surface area contributed by atoms with E-state index < -0.39 is 0 Å². The quantitative estimate of drug-likeness (QED) is 0.778. The fourth-order valence-corrected chi connectivity index (χ4v) is 2.63. The molecule has 20 heavy (non-hydrogen) atoms. The van der Waals surface area contributed by atoms with Crippen molar-refractivity contribution in [2.24, 2.45) is 0 Å². The van der Waals surface area contributed by atoms with Crippen molar-refractivity contribution in [3.63, 3.8) is 0 Å². The lowest BCUT2D eigenvalue weighted by Gasteiger charge is -2.27. The van der Waals surface area contributed by atoms with Gasteiger partial charge in [0.1, 0.15) is 24.2 Å². The lowest BCUT2D eigenvalue weighted by molar-refractivity contribution is 0.293. The molecule has 0 fully saturated rings. The Morgan fingerprint density at radius 2 is 1.95 bits per heavy atom. The smallest absolute Gasteiger partial charge is 0.143 e. The number of benzene rings is 2. The summed E-state index contributed by atoms with van der Waals surface area (Å²) in [5, 5.41) is 0. The maximum atomic E-state index is 6.09. The zero-order chi connectivity index (χ0) is 13.4. The third kappa shape index (κ3) is 1.81. The zero-order valence-electron chi connectivity index (χ0n) is 10.9. The first-order chi connectivity index (χ1) is 9.92. The molecular formula is C18H13O2. The number of ether oxygens (including phenoxy) is 2. The van der Waals surface area contributed by atoms with Crippen molar-refractivity contribution in [1.29, 1.82) is 0 Å². The Morgan fingerprint density at radius 3 is 2.95 bits per heavy atom. The van der Waals surface area contributed by atoms with Gasteiger partial charge in [-0.2, -0.15) is 0 Å². The molecule has 2 aliphatic rings. The van der Waals surface area contributed by atoms with Gasteiger partial charge in [-0.1, -0.05) is 36.4 Å². The molecule has 2 aromatic carbocycles. The Labute approximate surface area is 118 Å². The summed E-state index contributed by atoms with van der Waals surface area (Å²) in [6.07, 6.45) is 6.17. The molecule has 1 radical (unpaired) electrons. The highest BCUT2D eigenvalue weighted by Crippen LogP contribution is 2.36. The minimum Gasteiger partial charge on any atom is -0.489 e. The van der Waals surface area contributed by atoms with Crippen LogP contribution in [0, 0.1) is 6.07 Å². The third-order valence-corrected chi connectivity index (χ3v) is 3.59. The summed E-state index contributed by atoms with van der Waals surface area (Å²) in [5.41, 5.74) is 3.28. The van der Waals surface area contributed by atoms with E-state index in [0.29, 0.717) is 6.61 Å². The molecule has 1 unspecified atom stereocenters. The molecule has 0 amide bonds. The van der Waals surface area contributed by atoms with Crippen LogP contribution < -0.4 is 9.47 Å². The predicted octanol–water partition coefficient (Wildman–Crippen LogP) is 3.74. The molecule has 0 aromatic heterocycles. The van der Waals surface area contributed by atoms with Gasteiger partial charge in [0, 0.05) is 16.7 Å². The number of hydrogen-bond donors (Lipinski definition) is 0. The van der Waals surface area contributed by atoms with Crippen LogP contribution in [0.2, 0.25) is 0 Å². The summed E-state index contributed by atoms with van der Waals surface area (Å²) in [6.45, 7) is 0.591. The molecule has 2 aromatic rings. The molecule has 2 nitrogen and oxygen atoms in total. The summed E-state index contributed by atoms with van der Waals surface area (Å²) >= 11 is 0. The number of hydrogen-bond acceptors (Lipinski definition) is 2. The minimum absolute atomic E-state index is 0.0663. The van der Waals surface area contributed by atoms with Crippen molar-refractivity contribution in [1.82, 2.24) is 0 Å². The summed E-state index contributed by atoms with van der Waals surface area (Å²) in [4.78, 5) is 0. The van der Waals surface area contributed by atoms with Crippen LogP contribution >= 0.6 is 0 Å². The maximum absolute atomic E-state index is 6.09. The van der Waals surface area contributed by atoms with Crippen LogP contribution in [0.1, 0.15) is 11.1 Å². The van der Waals surface area contributed by atoms with E-state index in [-0.39, 0.29) is 6.10 Å². The van der Waals surface area contributed by atoms with Crippen LogP contribution in [0.5, 0.6) is 11.5 Å². The van der Waals surface area contributed by atoms with Crippen molar-refractivity contribution >= 4 is 11.6 Å². The average Bonchev–Trinajstić information content (AvgIpc) is 2.54. The highest BCUT2D eigenvalue weighted by Gasteiger charge is 2.23. The SMILES string of the molecule is [c]1cccc2c1C=CC(C1=CCOc3ccccc31)O2. The Kier molecular flexibility index (Phi) is 2.59. The van der Waals surface area contributed by atoms with Gasteiger partial charge in [-0.05, 0) is 30.4 Å². The van der Waals surface area contributed by atoms with Gasteiger partial charge in [-0.25, -0.2) is 0 Å². The second-order valence-electron chi connectivity index (χ2n) is 4.81. The van der Waals surface area contributed by atoms with Crippen molar-refractivity contribution in [3.05, 3.63) is 71.8 Å². The van der Waals surface area contributed by atoms with E-state index in [2.05, 4.69) is 30.4 Å². The van der Waals surface area contributed by atoms with Crippen LogP contribution in [0.15, 0.2) is 54.6 Å². The number of para-hydroxylation sites is 1. The molecule has 2 heterocycles. The Morgan fingerprint density at radius 1 is 1.05 bits per heavy atom.